The molecule has 0 fully saturated rings. The zero-order chi connectivity index (χ0) is 12.8. The summed E-state index contributed by atoms with van der Waals surface area (Å²) in [4.78, 5) is 36.0. The van der Waals surface area contributed by atoms with Crippen LogP contribution in [0.25, 0.3) is 0 Å². The highest BCUT2D eigenvalue weighted by Crippen LogP contribution is 2.24. The number of imide groups is 1. The lowest BCUT2D eigenvalue weighted by Gasteiger charge is -2.13. The molecule has 0 aromatic carbocycles. The van der Waals surface area contributed by atoms with E-state index in [1.54, 1.807) is 0 Å². The quantitative estimate of drug-likeness (QED) is 0.704. The highest BCUT2D eigenvalue weighted by Gasteiger charge is 2.30. The third kappa shape index (κ3) is 3.59. The number of nitrogens with zero attached hydrogens (tertiary/aromatic N) is 1. The summed E-state index contributed by atoms with van der Waals surface area (Å²) < 4.78 is 0. The Hall–Kier alpha value is -1.30. The van der Waals surface area contributed by atoms with Crippen molar-refractivity contribution >= 4 is 29.5 Å². The molecule has 0 unspecified atom stereocenters. The lowest BCUT2D eigenvalue weighted by molar-refractivity contribution is -0.137. The van der Waals surface area contributed by atoms with Gasteiger partial charge in [0.15, 0.2) is 0 Å². The van der Waals surface area contributed by atoms with Crippen molar-refractivity contribution in [3.63, 3.8) is 0 Å². The summed E-state index contributed by atoms with van der Waals surface area (Å²) in [5.41, 5.74) is 0. The van der Waals surface area contributed by atoms with Crippen molar-refractivity contribution in [2.24, 2.45) is 0 Å². The average Bonchev–Trinajstić information content (AvgIpc) is 2.59. The van der Waals surface area contributed by atoms with Crippen LogP contribution in [0.15, 0.2) is 11.0 Å². The van der Waals surface area contributed by atoms with Gasteiger partial charge in [-0.2, -0.15) is 0 Å². The Kier molecular flexibility index (Phi) is 5.21. The molecule has 0 atom stereocenters. The molecule has 0 aromatic heterocycles. The van der Waals surface area contributed by atoms with E-state index in [-0.39, 0.29) is 30.7 Å². The molecule has 94 valence electrons. The van der Waals surface area contributed by atoms with Gasteiger partial charge in [-0.05, 0) is 12.2 Å². The van der Waals surface area contributed by atoms with Crippen LogP contribution in [0.4, 0.5) is 0 Å². The van der Waals surface area contributed by atoms with Crippen molar-refractivity contribution in [2.45, 2.75) is 19.8 Å². The Balaban J connectivity index is 2.52. The summed E-state index contributed by atoms with van der Waals surface area (Å²) in [6, 6.07) is 0. The van der Waals surface area contributed by atoms with E-state index in [0.29, 0.717) is 4.91 Å². The first-order chi connectivity index (χ1) is 8.10. The number of nitrogens with one attached hydrogen (secondary N) is 1. The van der Waals surface area contributed by atoms with Crippen molar-refractivity contribution in [2.75, 3.05) is 19.3 Å². The Labute approximate surface area is 105 Å². The fourth-order valence-electron chi connectivity index (χ4n) is 1.35. The van der Waals surface area contributed by atoms with Gasteiger partial charge in [0, 0.05) is 26.1 Å². The number of rotatable bonds is 6. The van der Waals surface area contributed by atoms with Crippen LogP contribution >= 0.6 is 11.8 Å². The van der Waals surface area contributed by atoms with Crippen LogP contribution in [0.3, 0.4) is 0 Å². The molecule has 1 aliphatic heterocycles. The number of carbonyl (C=O) groups is 3. The molecule has 0 bridgehead atoms. The lowest BCUT2D eigenvalue weighted by atomic mass is 10.3. The maximum absolute atomic E-state index is 11.8. The van der Waals surface area contributed by atoms with Crippen molar-refractivity contribution < 1.29 is 14.4 Å². The summed E-state index contributed by atoms with van der Waals surface area (Å²) in [6.45, 7) is 2.15. The van der Waals surface area contributed by atoms with Crippen LogP contribution in [-0.4, -0.2) is 42.0 Å². The number of hydrogen-bond donors (Lipinski definition) is 1. The minimum Gasteiger partial charge on any atom is -0.359 e. The molecule has 1 heterocycles. The summed E-state index contributed by atoms with van der Waals surface area (Å²) in [6.07, 6.45) is 2.45. The van der Waals surface area contributed by atoms with Crippen molar-refractivity contribution in [3.05, 3.63) is 11.0 Å². The van der Waals surface area contributed by atoms with Gasteiger partial charge in [-0.1, -0.05) is 6.92 Å². The highest BCUT2D eigenvalue weighted by molar-refractivity contribution is 8.04. The topological polar surface area (TPSA) is 66.5 Å². The largest absolute Gasteiger partial charge is 0.359 e. The van der Waals surface area contributed by atoms with Crippen LogP contribution < -0.4 is 5.32 Å². The molecule has 0 saturated carbocycles. The second-order valence-corrected chi connectivity index (χ2v) is 4.71. The normalized spacial score (nSPS) is 15.2. The molecule has 0 spiro atoms. The van der Waals surface area contributed by atoms with Crippen LogP contribution in [0, 0.1) is 0 Å². The third-order valence-corrected chi connectivity index (χ3v) is 3.50. The molecule has 1 rings (SSSR count). The molecule has 3 amide bonds. The van der Waals surface area contributed by atoms with Crippen LogP contribution in [0.1, 0.15) is 19.8 Å². The second-order valence-electron chi connectivity index (χ2n) is 3.58. The zero-order valence-corrected chi connectivity index (χ0v) is 10.8. The Bertz CT molecular complexity index is 366. The van der Waals surface area contributed by atoms with E-state index in [1.807, 2.05) is 6.92 Å². The summed E-state index contributed by atoms with van der Waals surface area (Å²) in [5, 5.41) is 2.45. The molecule has 1 aliphatic rings. The second kappa shape index (κ2) is 6.44. The van der Waals surface area contributed by atoms with Gasteiger partial charge < -0.3 is 5.32 Å². The van der Waals surface area contributed by atoms with Gasteiger partial charge in [0.25, 0.3) is 11.8 Å². The summed E-state index contributed by atoms with van der Waals surface area (Å²) in [5.74, 6) is 0.0313. The molecule has 5 nitrogen and oxygen atoms in total. The Morgan fingerprint density at radius 2 is 2.18 bits per heavy atom. The Morgan fingerprint density at radius 3 is 2.76 bits per heavy atom. The van der Waals surface area contributed by atoms with Crippen molar-refractivity contribution in [1.82, 2.24) is 10.2 Å². The van der Waals surface area contributed by atoms with Crippen molar-refractivity contribution in [1.29, 1.82) is 0 Å². The zero-order valence-electron chi connectivity index (χ0n) is 9.99. The van der Waals surface area contributed by atoms with E-state index in [2.05, 4.69) is 5.32 Å². The molecule has 1 N–H and O–H groups in total. The Morgan fingerprint density at radius 1 is 1.47 bits per heavy atom. The maximum atomic E-state index is 11.8. The SMILES string of the molecule is CCCSC1=CC(=O)N(CCC(=O)NC)C1=O. The van der Waals surface area contributed by atoms with E-state index in [9.17, 15) is 14.4 Å². The number of amides is 3. The first-order valence-corrected chi connectivity index (χ1v) is 6.49. The van der Waals surface area contributed by atoms with E-state index in [4.69, 9.17) is 0 Å². The van der Waals surface area contributed by atoms with Crippen LogP contribution in [0.5, 0.6) is 0 Å². The first-order valence-electron chi connectivity index (χ1n) is 5.51. The van der Waals surface area contributed by atoms with Crippen molar-refractivity contribution in [3.8, 4) is 0 Å². The minimum absolute atomic E-state index is 0.143. The van der Waals surface area contributed by atoms with E-state index >= 15 is 0 Å². The smallest absolute Gasteiger partial charge is 0.267 e. The molecular formula is C11H16N2O3S. The van der Waals surface area contributed by atoms with Gasteiger partial charge in [0.2, 0.25) is 5.91 Å². The van der Waals surface area contributed by atoms with E-state index in [0.717, 1.165) is 17.1 Å². The fraction of sp³-hybridized carbons (Fsp3) is 0.545. The monoisotopic (exact) mass is 256 g/mol. The van der Waals surface area contributed by atoms with E-state index < -0.39 is 0 Å². The van der Waals surface area contributed by atoms with Gasteiger partial charge in [-0.15, -0.1) is 11.8 Å². The molecular weight excluding hydrogens is 240 g/mol. The van der Waals surface area contributed by atoms with Gasteiger partial charge in [-0.3, -0.25) is 19.3 Å². The number of thioether (sulfide) groups is 1. The molecule has 0 radical (unpaired) electrons. The highest BCUT2D eigenvalue weighted by atomic mass is 32.2. The summed E-state index contributed by atoms with van der Waals surface area (Å²) >= 11 is 1.39. The fourth-order valence-corrected chi connectivity index (χ4v) is 2.19. The van der Waals surface area contributed by atoms with Gasteiger partial charge in [0.1, 0.15) is 0 Å². The predicted molar refractivity (Wildman–Crippen MR) is 66.2 cm³/mol. The number of carbonyl (C=O) groups excluding carboxylic acids is 3. The van der Waals surface area contributed by atoms with Gasteiger partial charge in [0.05, 0.1) is 4.91 Å². The molecule has 0 aromatic rings. The third-order valence-electron chi connectivity index (χ3n) is 2.28. The number of hydrogen-bond acceptors (Lipinski definition) is 4. The molecule has 17 heavy (non-hydrogen) atoms. The average molecular weight is 256 g/mol. The maximum Gasteiger partial charge on any atom is 0.267 e. The predicted octanol–water partition coefficient (Wildman–Crippen LogP) is 0.518. The molecule has 6 heteroatoms. The molecule has 0 saturated heterocycles. The minimum atomic E-state index is -0.322. The molecule has 0 aliphatic carbocycles. The van der Waals surface area contributed by atoms with E-state index in [1.165, 1.54) is 24.9 Å². The van der Waals surface area contributed by atoms with Crippen LogP contribution in [0.2, 0.25) is 0 Å². The summed E-state index contributed by atoms with van der Waals surface area (Å²) in [7, 11) is 1.52. The first kappa shape index (κ1) is 13.8. The van der Waals surface area contributed by atoms with Crippen LogP contribution in [-0.2, 0) is 14.4 Å². The standard InChI is InChI=1S/C11H16N2O3S/c1-3-6-17-8-7-10(15)13(11(8)16)5-4-9(14)12-2/h7H,3-6H2,1-2H3,(H,12,14). The van der Waals surface area contributed by atoms with Gasteiger partial charge in [-0.25, -0.2) is 0 Å². The van der Waals surface area contributed by atoms with Gasteiger partial charge >= 0.3 is 0 Å². The lowest BCUT2D eigenvalue weighted by Crippen LogP contribution is -2.34.